The molecule has 4 nitrogen and oxygen atoms in total. The predicted octanol–water partition coefficient (Wildman–Crippen LogP) is 1.83. The number of nitriles is 1. The fourth-order valence-corrected chi connectivity index (χ4v) is 2.73. The lowest BCUT2D eigenvalue weighted by molar-refractivity contribution is 0.584. The van der Waals surface area contributed by atoms with E-state index in [1.807, 2.05) is 12.1 Å². The third-order valence-electron chi connectivity index (χ3n) is 2.40. The Morgan fingerprint density at radius 2 is 2.06 bits per heavy atom. The zero-order chi connectivity index (χ0) is 12.7. The number of hydrogen-bond acceptors (Lipinski definition) is 3. The summed E-state index contributed by atoms with van der Waals surface area (Å²) in [6, 6.07) is 8.67. The molecule has 0 heterocycles. The van der Waals surface area contributed by atoms with Crippen LogP contribution in [0.15, 0.2) is 29.2 Å². The van der Waals surface area contributed by atoms with Gasteiger partial charge < -0.3 is 0 Å². The van der Waals surface area contributed by atoms with Gasteiger partial charge in [-0.2, -0.15) is 9.98 Å². The number of unbranched alkanes of at least 4 members (excludes halogenated alkanes) is 1. The van der Waals surface area contributed by atoms with Crippen LogP contribution >= 0.6 is 0 Å². The Kier molecular flexibility index (Phi) is 5.13. The summed E-state index contributed by atoms with van der Waals surface area (Å²) >= 11 is 0. The summed E-state index contributed by atoms with van der Waals surface area (Å²) in [6.07, 6.45) is 2.70. The third kappa shape index (κ3) is 3.84. The van der Waals surface area contributed by atoms with Gasteiger partial charge in [-0.15, -0.1) is 0 Å². The van der Waals surface area contributed by atoms with Crippen LogP contribution in [0.25, 0.3) is 0 Å². The highest BCUT2D eigenvalue weighted by Gasteiger charge is 2.16. The van der Waals surface area contributed by atoms with Crippen molar-refractivity contribution in [3.8, 4) is 6.07 Å². The molecule has 92 valence electrons. The first kappa shape index (κ1) is 13.7. The van der Waals surface area contributed by atoms with E-state index in [0.717, 1.165) is 24.8 Å². The van der Waals surface area contributed by atoms with Crippen LogP contribution in [0.4, 0.5) is 0 Å². The van der Waals surface area contributed by atoms with Gasteiger partial charge in [0, 0.05) is 0 Å². The maximum Gasteiger partial charge on any atom is 0.241 e. The van der Waals surface area contributed by atoms with E-state index in [-0.39, 0.29) is 11.4 Å². The van der Waals surface area contributed by atoms with Gasteiger partial charge in [0.15, 0.2) is 0 Å². The van der Waals surface area contributed by atoms with Crippen molar-refractivity contribution >= 4 is 10.0 Å². The molecule has 0 amide bonds. The molecule has 1 aromatic rings. The number of rotatable bonds is 6. The molecule has 0 aliphatic rings. The smallest absolute Gasteiger partial charge is 0.207 e. The van der Waals surface area contributed by atoms with Crippen LogP contribution in [0.1, 0.15) is 25.3 Å². The molecule has 1 rings (SSSR count). The highest BCUT2D eigenvalue weighted by Crippen LogP contribution is 2.17. The van der Waals surface area contributed by atoms with Crippen molar-refractivity contribution in [3.63, 3.8) is 0 Å². The molecule has 0 saturated heterocycles. The van der Waals surface area contributed by atoms with Crippen molar-refractivity contribution in [1.29, 1.82) is 5.26 Å². The van der Waals surface area contributed by atoms with Crippen LogP contribution < -0.4 is 4.72 Å². The largest absolute Gasteiger partial charge is 0.241 e. The van der Waals surface area contributed by atoms with Crippen molar-refractivity contribution in [2.75, 3.05) is 6.54 Å². The van der Waals surface area contributed by atoms with Gasteiger partial charge in [0.1, 0.15) is 0 Å². The highest BCUT2D eigenvalue weighted by molar-refractivity contribution is 7.89. The Bertz CT molecular complexity index is 503. The fourth-order valence-electron chi connectivity index (χ4n) is 1.54. The second kappa shape index (κ2) is 6.38. The van der Waals surface area contributed by atoms with Gasteiger partial charge in [0.05, 0.1) is 17.5 Å². The molecule has 0 aliphatic heterocycles. The normalized spacial score (nSPS) is 11.1. The summed E-state index contributed by atoms with van der Waals surface area (Å²) in [5.74, 6) is 0. The van der Waals surface area contributed by atoms with Crippen molar-refractivity contribution in [3.05, 3.63) is 29.8 Å². The average molecular weight is 252 g/mol. The lowest BCUT2D eigenvalue weighted by Gasteiger charge is -2.09. The second-order valence-corrected chi connectivity index (χ2v) is 5.43. The van der Waals surface area contributed by atoms with Crippen LogP contribution in [-0.2, 0) is 16.4 Å². The maximum absolute atomic E-state index is 11.9. The molecule has 0 atom stereocenters. The van der Waals surface area contributed by atoms with Crippen molar-refractivity contribution in [2.45, 2.75) is 31.1 Å². The first-order valence-electron chi connectivity index (χ1n) is 5.56. The minimum absolute atomic E-state index is 0.204. The number of aryl methyl sites for hydroxylation is 1. The third-order valence-corrected chi connectivity index (χ3v) is 3.90. The van der Waals surface area contributed by atoms with Crippen molar-refractivity contribution in [2.24, 2.45) is 0 Å². The van der Waals surface area contributed by atoms with Crippen molar-refractivity contribution < 1.29 is 8.42 Å². The van der Waals surface area contributed by atoms with Gasteiger partial charge in [-0.3, -0.25) is 0 Å². The number of nitrogens with one attached hydrogen (secondary N) is 1. The zero-order valence-electron chi connectivity index (χ0n) is 9.81. The fraction of sp³-hybridized carbons (Fsp3) is 0.417. The topological polar surface area (TPSA) is 70.0 Å². The molecule has 1 N–H and O–H groups in total. The predicted molar refractivity (Wildman–Crippen MR) is 65.9 cm³/mol. The van der Waals surface area contributed by atoms with Gasteiger partial charge in [0.2, 0.25) is 10.0 Å². The van der Waals surface area contributed by atoms with E-state index in [1.54, 1.807) is 18.2 Å². The molecule has 0 radical (unpaired) electrons. The molecule has 0 spiro atoms. The first-order valence-corrected chi connectivity index (χ1v) is 7.04. The van der Waals surface area contributed by atoms with E-state index in [0.29, 0.717) is 0 Å². The molecule has 0 aromatic heterocycles. The Morgan fingerprint density at radius 3 is 2.71 bits per heavy atom. The number of hydrogen-bond donors (Lipinski definition) is 1. The molecule has 0 saturated carbocycles. The lowest BCUT2D eigenvalue weighted by Crippen LogP contribution is -2.25. The van der Waals surface area contributed by atoms with E-state index in [4.69, 9.17) is 5.26 Å². The lowest BCUT2D eigenvalue weighted by atomic mass is 10.1. The van der Waals surface area contributed by atoms with Crippen LogP contribution in [-0.4, -0.2) is 15.0 Å². The number of nitrogens with zero attached hydrogens (tertiary/aromatic N) is 1. The molecular weight excluding hydrogens is 236 g/mol. The van der Waals surface area contributed by atoms with E-state index in [2.05, 4.69) is 11.6 Å². The quantitative estimate of drug-likeness (QED) is 0.785. The van der Waals surface area contributed by atoms with E-state index in [1.165, 1.54) is 0 Å². The molecule has 17 heavy (non-hydrogen) atoms. The van der Waals surface area contributed by atoms with Crippen LogP contribution in [0.2, 0.25) is 0 Å². The minimum atomic E-state index is -3.56. The van der Waals surface area contributed by atoms with Crippen molar-refractivity contribution in [1.82, 2.24) is 4.72 Å². The molecule has 0 fully saturated rings. The summed E-state index contributed by atoms with van der Waals surface area (Å²) in [5, 5.41) is 8.41. The van der Waals surface area contributed by atoms with Gasteiger partial charge >= 0.3 is 0 Å². The van der Waals surface area contributed by atoms with Gasteiger partial charge in [-0.05, 0) is 24.5 Å². The maximum atomic E-state index is 11.9. The SMILES string of the molecule is CCCCc1ccccc1S(=O)(=O)NCC#N. The molecule has 5 heteroatoms. The summed E-state index contributed by atoms with van der Waals surface area (Å²) in [4.78, 5) is 0.281. The van der Waals surface area contributed by atoms with E-state index in [9.17, 15) is 8.42 Å². The van der Waals surface area contributed by atoms with Crippen LogP contribution in [0.3, 0.4) is 0 Å². The summed E-state index contributed by atoms with van der Waals surface area (Å²) < 4.78 is 26.1. The van der Waals surface area contributed by atoms with Gasteiger partial charge in [-0.25, -0.2) is 8.42 Å². The second-order valence-electron chi connectivity index (χ2n) is 3.69. The molecule has 1 aromatic carbocycles. The number of benzene rings is 1. The zero-order valence-corrected chi connectivity index (χ0v) is 10.6. The Hall–Kier alpha value is -1.38. The first-order chi connectivity index (χ1) is 8.11. The summed E-state index contributed by atoms with van der Waals surface area (Å²) in [6.45, 7) is 1.86. The Morgan fingerprint density at radius 1 is 1.35 bits per heavy atom. The van der Waals surface area contributed by atoms with E-state index >= 15 is 0 Å². The molecular formula is C12H16N2O2S. The highest BCUT2D eigenvalue weighted by atomic mass is 32.2. The minimum Gasteiger partial charge on any atom is -0.207 e. The Labute approximate surface area is 102 Å². The van der Waals surface area contributed by atoms with E-state index < -0.39 is 10.0 Å². The Balaban J connectivity index is 3.00. The monoisotopic (exact) mass is 252 g/mol. The summed E-state index contributed by atoms with van der Waals surface area (Å²) in [7, 11) is -3.56. The summed E-state index contributed by atoms with van der Waals surface area (Å²) in [5.41, 5.74) is 0.805. The van der Waals surface area contributed by atoms with Gasteiger partial charge in [-0.1, -0.05) is 31.5 Å². The molecule has 0 unspecified atom stereocenters. The van der Waals surface area contributed by atoms with Crippen LogP contribution in [0, 0.1) is 11.3 Å². The molecule has 0 aliphatic carbocycles. The average Bonchev–Trinajstić information content (AvgIpc) is 2.34. The number of sulfonamides is 1. The standard InChI is InChI=1S/C12H16N2O2S/c1-2-3-6-11-7-4-5-8-12(11)17(15,16)14-10-9-13/h4-5,7-8,14H,2-3,6,10H2,1H3. The molecule has 0 bridgehead atoms. The van der Waals surface area contributed by atoms with Gasteiger partial charge in [0.25, 0.3) is 0 Å². The van der Waals surface area contributed by atoms with Crippen LogP contribution in [0.5, 0.6) is 0 Å².